The van der Waals surface area contributed by atoms with Gasteiger partial charge < -0.3 is 10.1 Å². The van der Waals surface area contributed by atoms with Gasteiger partial charge in [-0.2, -0.15) is 13.1 Å². The number of nitrogens with one attached hydrogen (secondary N) is 3. The third kappa shape index (κ3) is 4.69. The van der Waals surface area contributed by atoms with Crippen molar-refractivity contribution in [2.24, 2.45) is 0 Å². The number of benzene rings is 1. The lowest BCUT2D eigenvalue weighted by atomic mass is 10.1. The van der Waals surface area contributed by atoms with E-state index in [0.717, 1.165) is 18.7 Å². The molecule has 0 unspecified atom stereocenters. The highest BCUT2D eigenvalue weighted by Gasteiger charge is 2.16. The summed E-state index contributed by atoms with van der Waals surface area (Å²) in [6, 6.07) is 5.78. The summed E-state index contributed by atoms with van der Waals surface area (Å²) in [6.45, 7) is 5.01. The Labute approximate surface area is 124 Å². The van der Waals surface area contributed by atoms with Crippen molar-refractivity contribution in [3.05, 3.63) is 34.9 Å². The van der Waals surface area contributed by atoms with Gasteiger partial charge in [0.2, 0.25) is 0 Å². The van der Waals surface area contributed by atoms with Gasteiger partial charge in [-0.25, -0.2) is 9.52 Å². The summed E-state index contributed by atoms with van der Waals surface area (Å²) in [7, 11) is -3.93. The second-order valence-electron chi connectivity index (χ2n) is 5.09. The summed E-state index contributed by atoms with van der Waals surface area (Å²) in [6.07, 6.45) is -1.37. The van der Waals surface area contributed by atoms with E-state index in [2.05, 4.69) is 10.0 Å². The Morgan fingerprint density at radius 3 is 2.76 bits per heavy atom. The smallest absolute Gasteiger partial charge is 0.422 e. The number of rotatable bonds is 5. The van der Waals surface area contributed by atoms with Crippen molar-refractivity contribution in [3.63, 3.8) is 0 Å². The van der Waals surface area contributed by atoms with E-state index in [1.54, 1.807) is 18.6 Å². The maximum absolute atomic E-state index is 11.7. The van der Waals surface area contributed by atoms with E-state index in [1.807, 2.05) is 18.2 Å². The Bertz CT molecular complexity index is 628. The second-order valence-corrected chi connectivity index (χ2v) is 6.59. The number of hydrogen-bond acceptors (Lipinski definition) is 5. The Balaban J connectivity index is 1.91. The Morgan fingerprint density at radius 1 is 1.33 bits per heavy atom. The fraction of sp³-hybridized carbons (Fsp3) is 0.462. The van der Waals surface area contributed by atoms with E-state index in [0.29, 0.717) is 0 Å². The van der Waals surface area contributed by atoms with Gasteiger partial charge in [0.25, 0.3) is 0 Å². The molecule has 0 saturated carbocycles. The monoisotopic (exact) mass is 313 g/mol. The van der Waals surface area contributed by atoms with Crippen LogP contribution in [0.4, 0.5) is 4.79 Å². The summed E-state index contributed by atoms with van der Waals surface area (Å²) < 4.78 is 32.2. The van der Waals surface area contributed by atoms with Crippen LogP contribution in [0.5, 0.6) is 0 Å². The fourth-order valence-corrected chi connectivity index (χ4v) is 2.72. The van der Waals surface area contributed by atoms with Crippen molar-refractivity contribution < 1.29 is 17.9 Å². The molecule has 1 amide bonds. The first-order valence-electron chi connectivity index (χ1n) is 6.65. The number of carbonyl (C=O) groups is 1. The summed E-state index contributed by atoms with van der Waals surface area (Å²) >= 11 is 0. The largest absolute Gasteiger partial charge is 0.446 e. The predicted octanol–water partition coefficient (Wildman–Crippen LogP) is 0.759. The molecule has 0 radical (unpaired) electrons. The van der Waals surface area contributed by atoms with Crippen LogP contribution in [-0.2, 0) is 34.6 Å². The van der Waals surface area contributed by atoms with Gasteiger partial charge in [0.15, 0.2) is 0 Å². The molecule has 1 aliphatic rings. The highest BCUT2D eigenvalue weighted by molar-refractivity contribution is 7.88. The lowest BCUT2D eigenvalue weighted by molar-refractivity contribution is 0.121. The lowest BCUT2D eigenvalue weighted by Gasteiger charge is -2.11. The molecule has 0 bridgehead atoms. The number of amides is 1. The van der Waals surface area contributed by atoms with Crippen molar-refractivity contribution in [2.75, 3.05) is 0 Å². The molecule has 0 spiro atoms. The van der Waals surface area contributed by atoms with Crippen LogP contribution in [0, 0.1) is 0 Å². The zero-order chi connectivity index (χ0) is 15.5. The Morgan fingerprint density at radius 2 is 2.05 bits per heavy atom. The van der Waals surface area contributed by atoms with E-state index in [1.165, 1.54) is 11.1 Å². The molecule has 116 valence electrons. The number of fused-ring (bicyclic) bond motifs is 1. The van der Waals surface area contributed by atoms with Crippen LogP contribution in [0.1, 0.15) is 30.5 Å². The van der Waals surface area contributed by atoms with Crippen LogP contribution in [0.15, 0.2) is 18.2 Å². The van der Waals surface area contributed by atoms with Crippen molar-refractivity contribution in [1.29, 1.82) is 0 Å². The summed E-state index contributed by atoms with van der Waals surface area (Å²) in [4.78, 5) is 11.3. The Hall–Kier alpha value is -1.64. The first-order valence-corrected chi connectivity index (χ1v) is 8.13. The molecule has 0 atom stereocenters. The van der Waals surface area contributed by atoms with E-state index in [9.17, 15) is 13.2 Å². The highest BCUT2D eigenvalue weighted by atomic mass is 32.2. The van der Waals surface area contributed by atoms with E-state index < -0.39 is 16.3 Å². The standard InChI is InChI=1S/C13H19N3O4S/c1-9(2)20-13(17)16-21(18,19)15-6-10-3-4-11-7-14-8-12(11)5-10/h3-5,9,14-15H,6-8H2,1-2H3,(H,16,17). The van der Waals surface area contributed by atoms with Crippen LogP contribution < -0.4 is 14.8 Å². The lowest BCUT2D eigenvalue weighted by Crippen LogP contribution is -2.40. The van der Waals surface area contributed by atoms with Crippen molar-refractivity contribution in [3.8, 4) is 0 Å². The molecule has 1 aliphatic heterocycles. The van der Waals surface area contributed by atoms with E-state index >= 15 is 0 Å². The number of hydrogen-bond donors (Lipinski definition) is 3. The quantitative estimate of drug-likeness (QED) is 0.746. The second kappa shape index (κ2) is 6.42. The van der Waals surface area contributed by atoms with Gasteiger partial charge in [-0.05, 0) is 30.5 Å². The SMILES string of the molecule is CC(C)OC(=O)NS(=O)(=O)NCc1ccc2c(c1)CNC2. The van der Waals surface area contributed by atoms with Gasteiger partial charge in [0.05, 0.1) is 6.10 Å². The highest BCUT2D eigenvalue weighted by Crippen LogP contribution is 2.16. The minimum Gasteiger partial charge on any atom is -0.446 e. The molecule has 1 heterocycles. The molecule has 8 heteroatoms. The first-order chi connectivity index (χ1) is 9.85. The molecular weight excluding hydrogens is 294 g/mol. The zero-order valence-corrected chi connectivity index (χ0v) is 12.8. The van der Waals surface area contributed by atoms with Crippen molar-refractivity contribution >= 4 is 16.3 Å². The van der Waals surface area contributed by atoms with Crippen LogP contribution in [0.25, 0.3) is 0 Å². The summed E-state index contributed by atoms with van der Waals surface area (Å²) in [5.41, 5.74) is 3.22. The van der Waals surface area contributed by atoms with Crippen LogP contribution in [0.3, 0.4) is 0 Å². The normalized spacial score (nSPS) is 14.0. The topological polar surface area (TPSA) is 96.5 Å². The average Bonchev–Trinajstić information content (AvgIpc) is 2.81. The van der Waals surface area contributed by atoms with Crippen molar-refractivity contribution in [1.82, 2.24) is 14.8 Å². The van der Waals surface area contributed by atoms with Gasteiger partial charge >= 0.3 is 16.3 Å². The van der Waals surface area contributed by atoms with Crippen LogP contribution in [-0.4, -0.2) is 20.6 Å². The molecule has 1 aromatic rings. The van der Waals surface area contributed by atoms with Gasteiger partial charge in [-0.3, -0.25) is 0 Å². The van der Waals surface area contributed by atoms with E-state index in [-0.39, 0.29) is 12.6 Å². The first kappa shape index (κ1) is 15.7. The van der Waals surface area contributed by atoms with Gasteiger partial charge in [-0.1, -0.05) is 18.2 Å². The van der Waals surface area contributed by atoms with Gasteiger partial charge in [0.1, 0.15) is 0 Å². The summed E-state index contributed by atoms with van der Waals surface area (Å²) in [5, 5.41) is 3.22. The van der Waals surface area contributed by atoms with Gasteiger partial charge in [0, 0.05) is 19.6 Å². The minimum atomic E-state index is -3.93. The molecule has 21 heavy (non-hydrogen) atoms. The third-order valence-corrected chi connectivity index (χ3v) is 3.89. The minimum absolute atomic E-state index is 0.109. The third-order valence-electron chi connectivity index (χ3n) is 2.93. The predicted molar refractivity (Wildman–Crippen MR) is 77.5 cm³/mol. The molecular formula is C13H19N3O4S. The van der Waals surface area contributed by atoms with Gasteiger partial charge in [-0.15, -0.1) is 0 Å². The molecule has 3 N–H and O–H groups in total. The maximum Gasteiger partial charge on any atom is 0.422 e. The molecule has 1 aromatic carbocycles. The van der Waals surface area contributed by atoms with E-state index in [4.69, 9.17) is 4.74 Å². The maximum atomic E-state index is 11.7. The number of carbonyl (C=O) groups excluding carboxylic acids is 1. The number of ether oxygens (including phenoxy) is 1. The fourth-order valence-electron chi connectivity index (χ4n) is 2.02. The molecule has 0 fully saturated rings. The molecule has 2 rings (SSSR count). The zero-order valence-electron chi connectivity index (χ0n) is 12.0. The molecule has 0 saturated heterocycles. The van der Waals surface area contributed by atoms with Crippen LogP contribution >= 0.6 is 0 Å². The summed E-state index contributed by atoms with van der Waals surface area (Å²) in [5.74, 6) is 0. The Kier molecular flexibility index (Phi) is 4.81. The molecule has 0 aromatic heterocycles. The molecule has 7 nitrogen and oxygen atoms in total. The molecule has 0 aliphatic carbocycles. The van der Waals surface area contributed by atoms with Crippen LogP contribution in [0.2, 0.25) is 0 Å². The average molecular weight is 313 g/mol. The van der Waals surface area contributed by atoms with Crippen molar-refractivity contribution in [2.45, 2.75) is 39.6 Å².